The molecule has 0 saturated carbocycles. The average molecular weight is 261 g/mol. The third-order valence-corrected chi connectivity index (χ3v) is 3.63. The Morgan fingerprint density at radius 1 is 1.37 bits per heavy atom. The van der Waals surface area contributed by atoms with Crippen molar-refractivity contribution in [3.8, 4) is 0 Å². The number of hydrogen-bond donors (Lipinski definition) is 2. The molecule has 0 radical (unpaired) electrons. The standard InChI is InChI=1S/C15H23N3O/c1-3-12-5-7-13(8-6-12)14-11-18(15(19)17-14)10-4-9-16-2/h5-8,14,16H,3-4,9-11H2,1-2H3,(H,17,19). The first-order chi connectivity index (χ1) is 9.24. The van der Waals surface area contributed by atoms with Gasteiger partial charge in [0.2, 0.25) is 0 Å². The lowest BCUT2D eigenvalue weighted by atomic mass is 10.0. The van der Waals surface area contributed by atoms with Crippen LogP contribution in [0.3, 0.4) is 0 Å². The van der Waals surface area contributed by atoms with Crippen molar-refractivity contribution >= 4 is 6.03 Å². The zero-order valence-corrected chi connectivity index (χ0v) is 11.8. The van der Waals surface area contributed by atoms with Gasteiger partial charge in [-0.3, -0.25) is 0 Å². The first-order valence-corrected chi connectivity index (χ1v) is 7.03. The van der Waals surface area contributed by atoms with Gasteiger partial charge in [0, 0.05) is 13.1 Å². The van der Waals surface area contributed by atoms with Crippen LogP contribution in [-0.4, -0.2) is 37.6 Å². The Balaban J connectivity index is 1.93. The largest absolute Gasteiger partial charge is 0.329 e. The molecule has 1 aromatic rings. The zero-order valence-electron chi connectivity index (χ0n) is 11.8. The molecule has 4 nitrogen and oxygen atoms in total. The molecule has 1 aliphatic rings. The number of hydrogen-bond acceptors (Lipinski definition) is 2. The molecule has 1 atom stereocenters. The van der Waals surface area contributed by atoms with Gasteiger partial charge in [-0.2, -0.15) is 0 Å². The summed E-state index contributed by atoms with van der Waals surface area (Å²) in [7, 11) is 1.93. The second kappa shape index (κ2) is 6.57. The maximum atomic E-state index is 11.9. The van der Waals surface area contributed by atoms with E-state index in [1.54, 1.807) is 0 Å². The maximum absolute atomic E-state index is 11.9. The van der Waals surface area contributed by atoms with Crippen LogP contribution in [0.25, 0.3) is 0 Å². The molecule has 1 fully saturated rings. The van der Waals surface area contributed by atoms with Gasteiger partial charge < -0.3 is 15.5 Å². The van der Waals surface area contributed by atoms with E-state index in [1.807, 2.05) is 11.9 Å². The number of urea groups is 1. The molecule has 1 aliphatic heterocycles. The van der Waals surface area contributed by atoms with Crippen molar-refractivity contribution in [1.29, 1.82) is 0 Å². The number of benzene rings is 1. The van der Waals surface area contributed by atoms with Crippen molar-refractivity contribution in [2.45, 2.75) is 25.8 Å². The lowest BCUT2D eigenvalue weighted by Gasteiger charge is -2.14. The van der Waals surface area contributed by atoms with E-state index in [9.17, 15) is 4.79 Å². The topological polar surface area (TPSA) is 44.4 Å². The monoisotopic (exact) mass is 261 g/mol. The highest BCUT2D eigenvalue weighted by molar-refractivity contribution is 5.77. The highest BCUT2D eigenvalue weighted by Crippen LogP contribution is 2.20. The van der Waals surface area contributed by atoms with Gasteiger partial charge in [0.05, 0.1) is 6.04 Å². The van der Waals surface area contributed by atoms with Crippen LogP contribution < -0.4 is 10.6 Å². The number of nitrogens with one attached hydrogen (secondary N) is 2. The number of carbonyl (C=O) groups excluding carboxylic acids is 1. The SMILES string of the molecule is CCc1ccc(C2CN(CCCNC)C(=O)N2)cc1. The fourth-order valence-corrected chi connectivity index (χ4v) is 2.40. The highest BCUT2D eigenvalue weighted by atomic mass is 16.2. The number of carbonyl (C=O) groups is 1. The van der Waals surface area contributed by atoms with Gasteiger partial charge in [-0.15, -0.1) is 0 Å². The van der Waals surface area contributed by atoms with E-state index < -0.39 is 0 Å². The Bertz CT molecular complexity index is 416. The predicted octanol–water partition coefficient (Wildman–Crippen LogP) is 1.92. The van der Waals surface area contributed by atoms with Gasteiger partial charge in [-0.05, 0) is 37.6 Å². The molecule has 2 amide bonds. The first-order valence-electron chi connectivity index (χ1n) is 7.03. The van der Waals surface area contributed by atoms with E-state index in [2.05, 4.69) is 41.8 Å². The third-order valence-electron chi connectivity index (χ3n) is 3.63. The van der Waals surface area contributed by atoms with Gasteiger partial charge in [0.15, 0.2) is 0 Å². The van der Waals surface area contributed by atoms with E-state index in [4.69, 9.17) is 0 Å². The minimum Gasteiger partial charge on any atom is -0.329 e. The smallest absolute Gasteiger partial charge is 0.318 e. The fourth-order valence-electron chi connectivity index (χ4n) is 2.40. The minimum absolute atomic E-state index is 0.0562. The Kier molecular flexibility index (Phi) is 4.80. The Morgan fingerprint density at radius 3 is 2.74 bits per heavy atom. The summed E-state index contributed by atoms with van der Waals surface area (Å²) in [6, 6.07) is 8.73. The highest BCUT2D eigenvalue weighted by Gasteiger charge is 2.28. The van der Waals surface area contributed by atoms with Crippen molar-refractivity contribution in [1.82, 2.24) is 15.5 Å². The summed E-state index contributed by atoms with van der Waals surface area (Å²) in [5.41, 5.74) is 2.53. The molecule has 4 heteroatoms. The van der Waals surface area contributed by atoms with E-state index in [1.165, 1.54) is 11.1 Å². The summed E-state index contributed by atoms with van der Waals surface area (Å²) in [4.78, 5) is 13.8. The molecule has 1 heterocycles. The summed E-state index contributed by atoms with van der Waals surface area (Å²) in [5, 5.41) is 6.15. The lowest BCUT2D eigenvalue weighted by molar-refractivity contribution is 0.217. The second-order valence-electron chi connectivity index (χ2n) is 5.00. The number of aryl methyl sites for hydroxylation is 1. The molecule has 2 N–H and O–H groups in total. The summed E-state index contributed by atoms with van der Waals surface area (Å²) < 4.78 is 0. The summed E-state index contributed by atoms with van der Waals surface area (Å²) in [5.74, 6) is 0. The summed E-state index contributed by atoms with van der Waals surface area (Å²) in [6.07, 6.45) is 2.04. The maximum Gasteiger partial charge on any atom is 0.318 e. The van der Waals surface area contributed by atoms with Crippen LogP contribution in [0.2, 0.25) is 0 Å². The van der Waals surface area contributed by atoms with Crippen molar-refractivity contribution in [3.05, 3.63) is 35.4 Å². The molecule has 2 rings (SSSR count). The third kappa shape index (κ3) is 3.47. The molecule has 1 saturated heterocycles. The second-order valence-corrected chi connectivity index (χ2v) is 5.00. The fraction of sp³-hybridized carbons (Fsp3) is 0.533. The molecule has 1 unspecified atom stereocenters. The molecule has 104 valence electrons. The molecule has 0 aromatic heterocycles. The molecule has 0 spiro atoms. The van der Waals surface area contributed by atoms with E-state index >= 15 is 0 Å². The molecule has 0 bridgehead atoms. The van der Waals surface area contributed by atoms with Gasteiger partial charge in [0.1, 0.15) is 0 Å². The average Bonchev–Trinajstić information content (AvgIpc) is 2.81. The van der Waals surface area contributed by atoms with Crippen molar-refractivity contribution < 1.29 is 4.79 Å². The minimum atomic E-state index is 0.0562. The van der Waals surface area contributed by atoms with Gasteiger partial charge in [-0.1, -0.05) is 31.2 Å². The van der Waals surface area contributed by atoms with Crippen LogP contribution in [0.15, 0.2) is 24.3 Å². The summed E-state index contributed by atoms with van der Waals surface area (Å²) >= 11 is 0. The van der Waals surface area contributed by atoms with Crippen LogP contribution >= 0.6 is 0 Å². The zero-order chi connectivity index (χ0) is 13.7. The van der Waals surface area contributed by atoms with Crippen LogP contribution in [0, 0.1) is 0 Å². The van der Waals surface area contributed by atoms with Crippen molar-refractivity contribution in [2.75, 3.05) is 26.7 Å². The van der Waals surface area contributed by atoms with Gasteiger partial charge in [0.25, 0.3) is 0 Å². The van der Waals surface area contributed by atoms with Gasteiger partial charge in [-0.25, -0.2) is 4.79 Å². The number of nitrogens with zero attached hydrogens (tertiary/aromatic N) is 1. The van der Waals surface area contributed by atoms with Gasteiger partial charge >= 0.3 is 6.03 Å². The van der Waals surface area contributed by atoms with Crippen molar-refractivity contribution in [3.63, 3.8) is 0 Å². The quantitative estimate of drug-likeness (QED) is 0.769. The van der Waals surface area contributed by atoms with Crippen LogP contribution in [0.4, 0.5) is 4.79 Å². The Morgan fingerprint density at radius 2 is 2.11 bits per heavy atom. The normalized spacial score (nSPS) is 18.7. The van der Waals surface area contributed by atoms with Crippen LogP contribution in [0.5, 0.6) is 0 Å². The van der Waals surface area contributed by atoms with Crippen LogP contribution in [0.1, 0.15) is 30.5 Å². The number of rotatable bonds is 6. The lowest BCUT2D eigenvalue weighted by Crippen LogP contribution is -2.30. The van der Waals surface area contributed by atoms with E-state index in [-0.39, 0.29) is 12.1 Å². The number of amides is 2. The van der Waals surface area contributed by atoms with Crippen LogP contribution in [-0.2, 0) is 6.42 Å². The Hall–Kier alpha value is -1.55. The summed E-state index contributed by atoms with van der Waals surface area (Å²) in [6.45, 7) is 4.68. The van der Waals surface area contributed by atoms with E-state index in [0.717, 1.165) is 32.5 Å². The molecule has 0 aliphatic carbocycles. The molecule has 19 heavy (non-hydrogen) atoms. The molecular weight excluding hydrogens is 238 g/mol. The molecular formula is C15H23N3O. The van der Waals surface area contributed by atoms with Crippen molar-refractivity contribution in [2.24, 2.45) is 0 Å². The predicted molar refractivity (Wildman–Crippen MR) is 77.2 cm³/mol. The first kappa shape index (κ1) is 13.9. The molecule has 1 aromatic carbocycles. The van der Waals surface area contributed by atoms with E-state index in [0.29, 0.717) is 0 Å². The Labute approximate surface area is 115 Å².